The highest BCUT2D eigenvalue weighted by Gasteiger charge is 2.08. The molecule has 0 unspecified atom stereocenters. The largest absolute Gasteiger partial charge is 0.462 e. The van der Waals surface area contributed by atoms with Crippen LogP contribution in [0.25, 0.3) is 10.9 Å². The fourth-order valence-electron chi connectivity index (χ4n) is 2.49. The van der Waals surface area contributed by atoms with E-state index in [0.717, 1.165) is 32.4 Å². The molecule has 0 atom stereocenters. The van der Waals surface area contributed by atoms with Crippen LogP contribution in [0, 0.1) is 6.92 Å². The average Bonchev–Trinajstić information content (AvgIpc) is 2.56. The normalized spacial score (nSPS) is 10.6. The van der Waals surface area contributed by atoms with E-state index in [4.69, 9.17) is 4.74 Å². The molecule has 0 amide bonds. The molecule has 1 heterocycles. The molecule has 0 aliphatic carbocycles. The fraction of sp³-hybridized carbons (Fsp3) is 0.158. The van der Waals surface area contributed by atoms with Crippen molar-refractivity contribution in [2.24, 2.45) is 0 Å². The standard InChI is InChI=1S/C19H17BrN2O2/c1-3-24-19(23)13-4-7-15(8-5-13)22-18-10-12(2)21-17-9-6-14(20)11-16(17)18/h4-11H,3H2,1-2H3,(H,21,22). The summed E-state index contributed by atoms with van der Waals surface area (Å²) >= 11 is 3.50. The monoisotopic (exact) mass is 384 g/mol. The van der Waals surface area contributed by atoms with Crippen molar-refractivity contribution >= 4 is 44.2 Å². The Kier molecular flexibility index (Phi) is 4.81. The maximum absolute atomic E-state index is 11.7. The number of esters is 1. The van der Waals surface area contributed by atoms with E-state index < -0.39 is 0 Å². The van der Waals surface area contributed by atoms with Gasteiger partial charge in [-0.2, -0.15) is 0 Å². The number of pyridine rings is 1. The lowest BCUT2D eigenvalue weighted by molar-refractivity contribution is 0.0526. The first-order chi connectivity index (χ1) is 11.6. The van der Waals surface area contributed by atoms with Gasteiger partial charge in [0.25, 0.3) is 0 Å². The second-order valence-corrected chi connectivity index (χ2v) is 6.31. The summed E-state index contributed by atoms with van der Waals surface area (Å²) < 4.78 is 6.00. The summed E-state index contributed by atoms with van der Waals surface area (Å²) in [7, 11) is 0. The Bertz CT molecular complexity index is 892. The van der Waals surface area contributed by atoms with Gasteiger partial charge in [0, 0.05) is 26.9 Å². The molecule has 122 valence electrons. The van der Waals surface area contributed by atoms with Gasteiger partial charge in [-0.3, -0.25) is 4.98 Å². The SMILES string of the molecule is CCOC(=O)c1ccc(Nc2cc(C)nc3ccc(Br)cc23)cc1. The first-order valence-corrected chi connectivity index (χ1v) is 8.47. The molecular formula is C19H17BrN2O2. The summed E-state index contributed by atoms with van der Waals surface area (Å²) in [5.74, 6) is -0.307. The van der Waals surface area contributed by atoms with Crippen LogP contribution in [0.2, 0.25) is 0 Å². The Labute approximate surface area is 149 Å². The molecule has 1 aromatic heterocycles. The van der Waals surface area contributed by atoms with Crippen molar-refractivity contribution in [3.05, 3.63) is 64.3 Å². The van der Waals surface area contributed by atoms with Crippen molar-refractivity contribution in [2.45, 2.75) is 13.8 Å². The van der Waals surface area contributed by atoms with E-state index in [1.165, 1.54) is 0 Å². The summed E-state index contributed by atoms with van der Waals surface area (Å²) in [5.41, 5.74) is 4.29. The quantitative estimate of drug-likeness (QED) is 0.625. The molecule has 0 aliphatic heterocycles. The number of aryl methyl sites for hydroxylation is 1. The number of anilines is 2. The lowest BCUT2D eigenvalue weighted by Crippen LogP contribution is -2.04. The van der Waals surface area contributed by atoms with Gasteiger partial charge in [-0.15, -0.1) is 0 Å². The highest BCUT2D eigenvalue weighted by atomic mass is 79.9. The van der Waals surface area contributed by atoms with Crippen LogP contribution >= 0.6 is 15.9 Å². The summed E-state index contributed by atoms with van der Waals surface area (Å²) in [5, 5.41) is 4.43. The third kappa shape index (κ3) is 3.57. The Morgan fingerprint density at radius 3 is 2.62 bits per heavy atom. The lowest BCUT2D eigenvalue weighted by atomic mass is 10.1. The van der Waals surface area contributed by atoms with Gasteiger partial charge in [-0.05, 0) is 62.4 Å². The van der Waals surface area contributed by atoms with Crippen molar-refractivity contribution in [3.8, 4) is 0 Å². The number of nitrogens with zero attached hydrogens (tertiary/aromatic N) is 1. The molecule has 0 spiro atoms. The summed E-state index contributed by atoms with van der Waals surface area (Å²) in [6, 6.07) is 15.3. The number of fused-ring (bicyclic) bond motifs is 1. The van der Waals surface area contributed by atoms with E-state index in [0.29, 0.717) is 12.2 Å². The smallest absolute Gasteiger partial charge is 0.338 e. The Hall–Kier alpha value is -2.40. The van der Waals surface area contributed by atoms with Crippen molar-refractivity contribution in [1.29, 1.82) is 0 Å². The van der Waals surface area contributed by atoms with Crippen molar-refractivity contribution in [2.75, 3.05) is 11.9 Å². The predicted molar refractivity (Wildman–Crippen MR) is 99.9 cm³/mol. The maximum Gasteiger partial charge on any atom is 0.338 e. The lowest BCUT2D eigenvalue weighted by Gasteiger charge is -2.12. The Morgan fingerprint density at radius 1 is 1.17 bits per heavy atom. The van der Waals surface area contributed by atoms with E-state index in [1.807, 2.05) is 43.3 Å². The van der Waals surface area contributed by atoms with Crippen LogP contribution in [0.3, 0.4) is 0 Å². The highest BCUT2D eigenvalue weighted by Crippen LogP contribution is 2.29. The summed E-state index contributed by atoms with van der Waals surface area (Å²) in [4.78, 5) is 16.3. The zero-order valence-corrected chi connectivity index (χ0v) is 15.1. The number of nitrogens with one attached hydrogen (secondary N) is 1. The molecule has 4 nitrogen and oxygen atoms in total. The first-order valence-electron chi connectivity index (χ1n) is 7.68. The summed E-state index contributed by atoms with van der Waals surface area (Å²) in [6.07, 6.45) is 0. The zero-order chi connectivity index (χ0) is 17.1. The first kappa shape index (κ1) is 16.5. The van der Waals surface area contributed by atoms with Gasteiger partial charge in [0.15, 0.2) is 0 Å². The van der Waals surface area contributed by atoms with Gasteiger partial charge in [0.05, 0.1) is 17.7 Å². The minimum atomic E-state index is -0.307. The van der Waals surface area contributed by atoms with E-state index in [2.05, 4.69) is 26.2 Å². The summed E-state index contributed by atoms with van der Waals surface area (Å²) in [6.45, 7) is 4.13. The number of hydrogen-bond donors (Lipinski definition) is 1. The second kappa shape index (κ2) is 7.01. The predicted octanol–water partition coefficient (Wildman–Crippen LogP) is 5.23. The third-order valence-electron chi connectivity index (χ3n) is 3.57. The van der Waals surface area contributed by atoms with Gasteiger partial charge in [0.1, 0.15) is 0 Å². The number of carbonyl (C=O) groups is 1. The molecule has 0 saturated heterocycles. The van der Waals surface area contributed by atoms with E-state index in [-0.39, 0.29) is 5.97 Å². The Balaban J connectivity index is 1.92. The van der Waals surface area contributed by atoms with Crippen LogP contribution in [0.5, 0.6) is 0 Å². The molecule has 3 aromatic rings. The molecule has 3 rings (SSSR count). The van der Waals surface area contributed by atoms with Crippen LogP contribution < -0.4 is 5.32 Å². The van der Waals surface area contributed by atoms with Crippen molar-refractivity contribution in [1.82, 2.24) is 4.98 Å². The maximum atomic E-state index is 11.7. The molecule has 0 bridgehead atoms. The number of ether oxygens (including phenoxy) is 1. The van der Waals surface area contributed by atoms with E-state index >= 15 is 0 Å². The van der Waals surface area contributed by atoms with Crippen molar-refractivity contribution < 1.29 is 9.53 Å². The second-order valence-electron chi connectivity index (χ2n) is 5.40. The molecule has 0 aliphatic rings. The van der Waals surface area contributed by atoms with E-state index in [9.17, 15) is 4.79 Å². The van der Waals surface area contributed by atoms with Gasteiger partial charge >= 0.3 is 5.97 Å². The van der Waals surface area contributed by atoms with E-state index in [1.54, 1.807) is 19.1 Å². The molecule has 5 heteroatoms. The fourth-order valence-corrected chi connectivity index (χ4v) is 2.85. The highest BCUT2D eigenvalue weighted by molar-refractivity contribution is 9.10. The number of carbonyl (C=O) groups excluding carboxylic acids is 1. The van der Waals surface area contributed by atoms with Crippen LogP contribution in [0.4, 0.5) is 11.4 Å². The van der Waals surface area contributed by atoms with Crippen LogP contribution in [-0.4, -0.2) is 17.6 Å². The third-order valence-corrected chi connectivity index (χ3v) is 4.07. The van der Waals surface area contributed by atoms with Gasteiger partial charge in [-0.1, -0.05) is 15.9 Å². The molecule has 0 radical (unpaired) electrons. The minimum Gasteiger partial charge on any atom is -0.462 e. The number of benzene rings is 2. The van der Waals surface area contributed by atoms with Gasteiger partial charge < -0.3 is 10.1 Å². The Morgan fingerprint density at radius 2 is 1.92 bits per heavy atom. The minimum absolute atomic E-state index is 0.307. The topological polar surface area (TPSA) is 51.2 Å². The zero-order valence-electron chi connectivity index (χ0n) is 13.5. The number of halogens is 1. The van der Waals surface area contributed by atoms with Crippen molar-refractivity contribution in [3.63, 3.8) is 0 Å². The molecule has 2 aromatic carbocycles. The number of hydrogen-bond acceptors (Lipinski definition) is 4. The number of rotatable bonds is 4. The molecular weight excluding hydrogens is 368 g/mol. The van der Waals surface area contributed by atoms with Gasteiger partial charge in [0.2, 0.25) is 0 Å². The van der Waals surface area contributed by atoms with Crippen LogP contribution in [0.1, 0.15) is 23.0 Å². The van der Waals surface area contributed by atoms with Gasteiger partial charge in [-0.25, -0.2) is 4.79 Å². The van der Waals surface area contributed by atoms with Crippen LogP contribution in [-0.2, 0) is 4.74 Å². The number of aromatic nitrogens is 1. The average molecular weight is 385 g/mol. The molecule has 0 saturated carbocycles. The molecule has 1 N–H and O–H groups in total. The molecule has 24 heavy (non-hydrogen) atoms. The van der Waals surface area contributed by atoms with Crippen LogP contribution in [0.15, 0.2) is 53.0 Å². The molecule has 0 fully saturated rings.